The van der Waals surface area contributed by atoms with Gasteiger partial charge in [0.1, 0.15) is 0 Å². The molecule has 3 aliphatic rings. The lowest BCUT2D eigenvalue weighted by molar-refractivity contribution is -0.153. The Balaban J connectivity index is 1.69. The Labute approximate surface area is 134 Å². The Hall–Kier alpha value is -1.81. The van der Waals surface area contributed by atoms with E-state index in [1.165, 1.54) is 0 Å². The molecule has 0 unspecified atom stereocenters. The van der Waals surface area contributed by atoms with Crippen LogP contribution in [0.25, 0.3) is 0 Å². The molecule has 0 radical (unpaired) electrons. The number of rotatable bonds is 4. The van der Waals surface area contributed by atoms with Crippen molar-refractivity contribution < 1.29 is 14.7 Å². The number of aliphatic carboxylic acids is 1. The zero-order valence-corrected chi connectivity index (χ0v) is 12.8. The summed E-state index contributed by atoms with van der Waals surface area (Å²) in [5.41, 5.74) is 0.945. The van der Waals surface area contributed by atoms with Gasteiger partial charge in [0.2, 0.25) is 5.91 Å². The maximum Gasteiger partial charge on any atom is 0.307 e. The lowest BCUT2D eigenvalue weighted by Crippen LogP contribution is -2.48. The van der Waals surface area contributed by atoms with Crippen molar-refractivity contribution in [2.75, 3.05) is 0 Å². The summed E-state index contributed by atoms with van der Waals surface area (Å²) in [6.07, 6.45) is 5.74. The number of carboxylic acids is 1. The van der Waals surface area contributed by atoms with Crippen LogP contribution in [0, 0.1) is 23.7 Å². The average molecular weight is 320 g/mol. The van der Waals surface area contributed by atoms with E-state index >= 15 is 0 Å². The molecule has 3 aliphatic carbocycles. The van der Waals surface area contributed by atoms with Crippen molar-refractivity contribution in [1.82, 2.24) is 5.32 Å². The molecular weight excluding hydrogens is 302 g/mol. The van der Waals surface area contributed by atoms with Crippen LogP contribution < -0.4 is 5.32 Å². The van der Waals surface area contributed by atoms with Crippen LogP contribution in [-0.4, -0.2) is 17.0 Å². The molecule has 5 heteroatoms. The number of fused-ring (bicyclic) bond motifs is 2. The van der Waals surface area contributed by atoms with Crippen LogP contribution in [0.15, 0.2) is 36.4 Å². The van der Waals surface area contributed by atoms with Gasteiger partial charge in [-0.2, -0.15) is 0 Å². The number of carbonyl (C=O) groups excluding carboxylic acids is 1. The summed E-state index contributed by atoms with van der Waals surface area (Å²) in [7, 11) is 0. The van der Waals surface area contributed by atoms with Crippen LogP contribution in [0.3, 0.4) is 0 Å². The van der Waals surface area contributed by atoms with Gasteiger partial charge in [0.15, 0.2) is 0 Å². The molecule has 0 aromatic heterocycles. The van der Waals surface area contributed by atoms with Crippen LogP contribution in [0.5, 0.6) is 0 Å². The summed E-state index contributed by atoms with van der Waals surface area (Å²) in [6.45, 7) is 0.389. The number of nitrogens with one attached hydrogen (secondary N) is 1. The zero-order chi connectivity index (χ0) is 15.7. The molecule has 1 aromatic rings. The molecule has 1 saturated carbocycles. The van der Waals surface area contributed by atoms with Crippen LogP contribution in [0.2, 0.25) is 5.02 Å². The molecule has 4 nitrogen and oxygen atoms in total. The van der Waals surface area contributed by atoms with Gasteiger partial charge in [-0.3, -0.25) is 9.59 Å². The second-order valence-corrected chi connectivity index (χ2v) is 6.46. The fourth-order valence-electron chi connectivity index (χ4n) is 3.60. The molecule has 0 heterocycles. The van der Waals surface area contributed by atoms with Gasteiger partial charge in [-0.15, -0.1) is 0 Å². The van der Waals surface area contributed by atoms with Crippen molar-refractivity contribution in [1.29, 1.82) is 0 Å². The van der Waals surface area contributed by atoms with Gasteiger partial charge in [-0.25, -0.2) is 0 Å². The van der Waals surface area contributed by atoms with Gasteiger partial charge >= 0.3 is 5.97 Å². The predicted molar refractivity (Wildman–Crippen MR) is 83.3 cm³/mol. The first-order valence-electron chi connectivity index (χ1n) is 7.49. The Morgan fingerprint density at radius 3 is 2.23 bits per heavy atom. The van der Waals surface area contributed by atoms with Crippen LogP contribution in [-0.2, 0) is 16.1 Å². The molecule has 1 fully saturated rings. The second-order valence-electron chi connectivity index (χ2n) is 6.02. The quantitative estimate of drug-likeness (QED) is 0.839. The van der Waals surface area contributed by atoms with Crippen molar-refractivity contribution in [2.24, 2.45) is 23.7 Å². The smallest absolute Gasteiger partial charge is 0.307 e. The number of halogens is 1. The highest BCUT2D eigenvalue weighted by molar-refractivity contribution is 6.30. The average Bonchev–Trinajstić information content (AvgIpc) is 2.54. The number of benzene rings is 1. The summed E-state index contributed by atoms with van der Waals surface area (Å²) >= 11 is 5.83. The fourth-order valence-corrected chi connectivity index (χ4v) is 3.72. The Morgan fingerprint density at radius 1 is 1.09 bits per heavy atom. The molecule has 2 N–H and O–H groups in total. The lowest BCUT2D eigenvalue weighted by Gasteiger charge is -2.41. The SMILES string of the molecule is O=C(NCc1ccc(Cl)cc1)[C@@H]1[C@H](C(=O)O)[C@H]2C=C[C@H]1CC2. The third kappa shape index (κ3) is 2.88. The van der Waals surface area contributed by atoms with Crippen molar-refractivity contribution in [3.05, 3.63) is 47.0 Å². The first-order chi connectivity index (χ1) is 10.6. The zero-order valence-electron chi connectivity index (χ0n) is 12.0. The van der Waals surface area contributed by atoms with Gasteiger partial charge in [0, 0.05) is 11.6 Å². The fraction of sp³-hybridized carbons (Fsp3) is 0.412. The predicted octanol–water partition coefficient (Wildman–Crippen LogP) is 2.87. The monoisotopic (exact) mass is 319 g/mol. The molecule has 1 aromatic carbocycles. The Kier molecular flexibility index (Phi) is 4.21. The van der Waals surface area contributed by atoms with Crippen molar-refractivity contribution in [3.8, 4) is 0 Å². The van der Waals surface area contributed by atoms with Gasteiger partial charge in [-0.1, -0.05) is 35.9 Å². The minimum atomic E-state index is -0.870. The molecule has 4 atom stereocenters. The highest BCUT2D eigenvalue weighted by Crippen LogP contribution is 2.45. The van der Waals surface area contributed by atoms with E-state index in [0.717, 1.165) is 18.4 Å². The van der Waals surface area contributed by atoms with Crippen molar-refractivity contribution in [2.45, 2.75) is 19.4 Å². The van der Waals surface area contributed by atoms with E-state index in [0.29, 0.717) is 11.6 Å². The topological polar surface area (TPSA) is 66.4 Å². The molecular formula is C17H18ClNO3. The number of hydrogen-bond donors (Lipinski definition) is 2. The number of amides is 1. The van der Waals surface area contributed by atoms with Crippen LogP contribution >= 0.6 is 11.6 Å². The van der Waals surface area contributed by atoms with E-state index in [2.05, 4.69) is 5.32 Å². The normalized spacial score (nSPS) is 29.3. The molecule has 22 heavy (non-hydrogen) atoms. The number of allylic oxidation sites excluding steroid dienone is 2. The highest BCUT2D eigenvalue weighted by atomic mass is 35.5. The van der Waals surface area contributed by atoms with Gasteiger partial charge < -0.3 is 10.4 Å². The van der Waals surface area contributed by atoms with E-state index < -0.39 is 17.8 Å². The third-order valence-corrected chi connectivity index (χ3v) is 4.97. The van der Waals surface area contributed by atoms with E-state index in [-0.39, 0.29) is 17.7 Å². The summed E-state index contributed by atoms with van der Waals surface area (Å²) in [5.74, 6) is -2.08. The van der Waals surface area contributed by atoms with Crippen LogP contribution in [0.4, 0.5) is 0 Å². The summed E-state index contributed by atoms with van der Waals surface area (Å²) in [6, 6.07) is 7.25. The molecule has 0 aliphatic heterocycles. The maximum atomic E-state index is 12.5. The largest absolute Gasteiger partial charge is 0.481 e. The van der Waals surface area contributed by atoms with Crippen molar-refractivity contribution >= 4 is 23.5 Å². The number of carbonyl (C=O) groups is 2. The summed E-state index contributed by atoms with van der Waals surface area (Å²) in [5, 5.41) is 13.0. The lowest BCUT2D eigenvalue weighted by atomic mass is 9.62. The molecule has 4 rings (SSSR count). The highest BCUT2D eigenvalue weighted by Gasteiger charge is 2.47. The first-order valence-corrected chi connectivity index (χ1v) is 7.87. The third-order valence-electron chi connectivity index (χ3n) is 4.72. The van der Waals surface area contributed by atoms with E-state index in [4.69, 9.17) is 11.6 Å². The molecule has 1 amide bonds. The number of carboxylic acid groups (broad SMARTS) is 1. The maximum absolute atomic E-state index is 12.5. The molecule has 2 bridgehead atoms. The van der Waals surface area contributed by atoms with E-state index in [1.807, 2.05) is 24.3 Å². The first kappa shape index (κ1) is 15.1. The molecule has 0 saturated heterocycles. The Bertz CT molecular complexity index is 611. The molecule has 0 spiro atoms. The minimum absolute atomic E-state index is 0.0196. The van der Waals surface area contributed by atoms with Gasteiger partial charge in [0.25, 0.3) is 0 Å². The van der Waals surface area contributed by atoms with Crippen molar-refractivity contribution in [3.63, 3.8) is 0 Å². The van der Waals surface area contributed by atoms with E-state index in [9.17, 15) is 14.7 Å². The van der Waals surface area contributed by atoms with Crippen LogP contribution in [0.1, 0.15) is 18.4 Å². The summed E-state index contributed by atoms with van der Waals surface area (Å²) in [4.78, 5) is 24.1. The minimum Gasteiger partial charge on any atom is -0.481 e. The standard InChI is InChI=1S/C17H18ClNO3/c18-13-7-1-10(2-8-13)9-19-16(20)14-11-3-5-12(6-4-11)15(14)17(21)22/h1-3,5,7-8,11-12,14-15H,4,6,9H2,(H,19,20)(H,21,22)/t11-,12-,14-,15+/m0/s1. The molecule has 116 valence electrons. The van der Waals surface area contributed by atoms with Gasteiger partial charge in [-0.05, 0) is 42.4 Å². The Morgan fingerprint density at radius 2 is 1.68 bits per heavy atom. The second kappa shape index (κ2) is 6.13. The number of hydrogen-bond acceptors (Lipinski definition) is 2. The summed E-state index contributed by atoms with van der Waals surface area (Å²) < 4.78 is 0. The van der Waals surface area contributed by atoms with E-state index in [1.54, 1.807) is 12.1 Å². The van der Waals surface area contributed by atoms with Gasteiger partial charge in [0.05, 0.1) is 11.8 Å².